The van der Waals surface area contributed by atoms with Crippen molar-refractivity contribution in [3.05, 3.63) is 24.3 Å². The molecule has 0 aliphatic heterocycles. The van der Waals surface area contributed by atoms with Gasteiger partial charge in [-0.3, -0.25) is 4.79 Å². The molecular weight excluding hydrogens is 370 g/mol. The number of hydrogen-bond acceptors (Lipinski definition) is 8. The summed E-state index contributed by atoms with van der Waals surface area (Å²) in [6.07, 6.45) is 0. The molecular formula is C17H21N5O2S2. The molecule has 0 saturated heterocycles. The van der Waals surface area contributed by atoms with Crippen LogP contribution >= 0.6 is 23.1 Å². The van der Waals surface area contributed by atoms with Crippen LogP contribution in [0, 0.1) is 17.2 Å². The third-order valence-electron chi connectivity index (χ3n) is 3.87. The molecule has 0 saturated carbocycles. The highest BCUT2D eigenvalue weighted by molar-refractivity contribution is 8.01. The van der Waals surface area contributed by atoms with Crippen molar-refractivity contribution < 1.29 is 9.53 Å². The molecule has 1 heterocycles. The van der Waals surface area contributed by atoms with E-state index < -0.39 is 5.54 Å². The summed E-state index contributed by atoms with van der Waals surface area (Å²) in [6.45, 7) is 5.52. The molecule has 2 aromatic rings. The lowest BCUT2D eigenvalue weighted by atomic mass is 9.90. The predicted molar refractivity (Wildman–Crippen MR) is 104 cm³/mol. The van der Waals surface area contributed by atoms with Gasteiger partial charge in [0, 0.05) is 0 Å². The quantitative estimate of drug-likeness (QED) is 0.665. The molecule has 0 aliphatic carbocycles. The number of methoxy groups -OCH3 is 1. The second-order valence-electron chi connectivity index (χ2n) is 6.00. The van der Waals surface area contributed by atoms with E-state index in [4.69, 9.17) is 4.74 Å². The van der Waals surface area contributed by atoms with Crippen LogP contribution in [0.3, 0.4) is 0 Å². The number of amides is 1. The zero-order chi connectivity index (χ0) is 19.2. The normalized spacial score (nSPS) is 12.9. The van der Waals surface area contributed by atoms with Crippen LogP contribution in [-0.2, 0) is 4.79 Å². The first kappa shape index (κ1) is 20.0. The number of anilines is 2. The molecule has 0 radical (unpaired) electrons. The van der Waals surface area contributed by atoms with Crippen molar-refractivity contribution >= 4 is 39.8 Å². The van der Waals surface area contributed by atoms with Gasteiger partial charge >= 0.3 is 0 Å². The van der Waals surface area contributed by atoms with Crippen molar-refractivity contribution in [3.8, 4) is 11.8 Å². The molecule has 138 valence electrons. The summed E-state index contributed by atoms with van der Waals surface area (Å²) in [7, 11) is 1.60. The number of rotatable bonds is 8. The van der Waals surface area contributed by atoms with Crippen LogP contribution in [0.2, 0.25) is 0 Å². The summed E-state index contributed by atoms with van der Waals surface area (Å²) in [5.41, 5.74) is -0.0859. The number of nitrogens with one attached hydrogen (secondary N) is 2. The number of nitrogens with zero attached hydrogens (tertiary/aromatic N) is 3. The maximum Gasteiger partial charge on any atom is 0.231 e. The van der Waals surface area contributed by atoms with E-state index in [0.29, 0.717) is 15.2 Å². The largest absolute Gasteiger partial charge is 0.495 e. The van der Waals surface area contributed by atoms with Gasteiger partial charge in [0.2, 0.25) is 11.0 Å². The summed E-state index contributed by atoms with van der Waals surface area (Å²) >= 11 is 2.63. The topological polar surface area (TPSA) is 99.9 Å². The molecule has 1 aromatic carbocycles. The van der Waals surface area contributed by atoms with E-state index in [1.807, 2.05) is 38.1 Å². The summed E-state index contributed by atoms with van der Waals surface area (Å²) in [6, 6.07) is 9.68. The Morgan fingerprint density at radius 3 is 2.81 bits per heavy atom. The van der Waals surface area contributed by atoms with Crippen molar-refractivity contribution in [1.29, 1.82) is 5.26 Å². The molecule has 0 fully saturated rings. The average molecular weight is 392 g/mol. The van der Waals surface area contributed by atoms with Crippen LogP contribution in [0.4, 0.5) is 10.8 Å². The standard InChI is InChI=1S/C17H21N5O2S2/c1-11(2)17(3,10-18)20-14(23)9-25-16-22-21-15(26-16)19-12-7-5-6-8-13(12)24-4/h5-8,11H,9H2,1-4H3,(H,19,21)(H,20,23)/t17-/m0/s1. The van der Waals surface area contributed by atoms with Gasteiger partial charge in [0.25, 0.3) is 0 Å². The maximum absolute atomic E-state index is 12.1. The van der Waals surface area contributed by atoms with Crippen molar-refractivity contribution in [2.45, 2.75) is 30.6 Å². The van der Waals surface area contributed by atoms with Crippen molar-refractivity contribution in [1.82, 2.24) is 15.5 Å². The molecule has 9 heteroatoms. The minimum absolute atomic E-state index is 0.0136. The fourth-order valence-electron chi connectivity index (χ4n) is 1.94. The van der Waals surface area contributed by atoms with Gasteiger partial charge in [0.05, 0.1) is 24.6 Å². The second-order valence-corrected chi connectivity index (χ2v) is 8.20. The second kappa shape index (κ2) is 8.87. The number of thioether (sulfide) groups is 1. The van der Waals surface area contributed by atoms with Crippen LogP contribution in [0.25, 0.3) is 0 Å². The SMILES string of the molecule is COc1ccccc1Nc1nnc(SCC(=O)N[C@@](C)(C#N)C(C)C)s1. The molecule has 1 aromatic heterocycles. The lowest BCUT2D eigenvalue weighted by Gasteiger charge is -2.27. The van der Waals surface area contributed by atoms with E-state index in [-0.39, 0.29) is 17.6 Å². The van der Waals surface area contributed by atoms with E-state index in [2.05, 4.69) is 26.9 Å². The fraction of sp³-hybridized carbons (Fsp3) is 0.412. The van der Waals surface area contributed by atoms with E-state index >= 15 is 0 Å². The molecule has 0 unspecified atom stereocenters. The first-order chi connectivity index (χ1) is 12.4. The summed E-state index contributed by atoms with van der Waals surface area (Å²) in [4.78, 5) is 12.1. The molecule has 2 rings (SSSR count). The van der Waals surface area contributed by atoms with Gasteiger partial charge in [-0.15, -0.1) is 10.2 Å². The number of carbonyl (C=O) groups is 1. The molecule has 26 heavy (non-hydrogen) atoms. The van der Waals surface area contributed by atoms with Crippen molar-refractivity contribution in [3.63, 3.8) is 0 Å². The Kier molecular flexibility index (Phi) is 6.83. The lowest BCUT2D eigenvalue weighted by molar-refractivity contribution is -0.120. The number of nitriles is 1. The molecule has 2 N–H and O–H groups in total. The highest BCUT2D eigenvalue weighted by Crippen LogP contribution is 2.31. The molecule has 7 nitrogen and oxygen atoms in total. The molecule has 1 atom stereocenters. The summed E-state index contributed by atoms with van der Waals surface area (Å²) in [5.74, 6) is 0.690. The van der Waals surface area contributed by atoms with Gasteiger partial charge < -0.3 is 15.4 Å². The molecule has 0 bridgehead atoms. The number of carbonyl (C=O) groups excluding carboxylic acids is 1. The number of aromatic nitrogens is 2. The first-order valence-corrected chi connectivity index (χ1v) is 9.76. The maximum atomic E-state index is 12.1. The van der Waals surface area contributed by atoms with Crippen LogP contribution < -0.4 is 15.4 Å². The van der Waals surface area contributed by atoms with Crippen molar-refractivity contribution in [2.24, 2.45) is 5.92 Å². The van der Waals surface area contributed by atoms with Crippen LogP contribution in [-0.4, -0.2) is 34.5 Å². The van der Waals surface area contributed by atoms with Crippen LogP contribution in [0.5, 0.6) is 5.75 Å². The zero-order valence-electron chi connectivity index (χ0n) is 15.1. The van der Waals surface area contributed by atoms with E-state index in [0.717, 1.165) is 5.69 Å². The number of ether oxygens (including phenoxy) is 1. The van der Waals surface area contributed by atoms with Crippen molar-refractivity contribution in [2.75, 3.05) is 18.2 Å². The minimum atomic E-state index is -0.880. The number of benzene rings is 1. The molecule has 0 aliphatic rings. The monoisotopic (exact) mass is 391 g/mol. The minimum Gasteiger partial charge on any atom is -0.495 e. The smallest absolute Gasteiger partial charge is 0.231 e. The molecule has 1 amide bonds. The van der Waals surface area contributed by atoms with E-state index in [9.17, 15) is 10.1 Å². The van der Waals surface area contributed by atoms with Crippen LogP contribution in [0.1, 0.15) is 20.8 Å². The van der Waals surface area contributed by atoms with E-state index in [1.54, 1.807) is 14.0 Å². The lowest BCUT2D eigenvalue weighted by Crippen LogP contribution is -2.49. The van der Waals surface area contributed by atoms with Gasteiger partial charge in [0.1, 0.15) is 11.3 Å². The Balaban J connectivity index is 1.92. The highest BCUT2D eigenvalue weighted by atomic mass is 32.2. The first-order valence-electron chi connectivity index (χ1n) is 7.96. The Bertz CT molecular complexity index is 802. The predicted octanol–water partition coefficient (Wildman–Crippen LogP) is 3.44. The van der Waals surface area contributed by atoms with Gasteiger partial charge in [0.15, 0.2) is 4.34 Å². The number of hydrogen-bond donors (Lipinski definition) is 2. The molecule has 0 spiro atoms. The Labute approximate surface area is 161 Å². The van der Waals surface area contributed by atoms with Crippen LogP contribution in [0.15, 0.2) is 28.6 Å². The Hall–Kier alpha value is -2.31. The van der Waals surface area contributed by atoms with Gasteiger partial charge in [-0.05, 0) is 25.0 Å². The fourth-order valence-corrected chi connectivity index (χ4v) is 3.50. The zero-order valence-corrected chi connectivity index (χ0v) is 16.7. The van der Waals surface area contributed by atoms with Gasteiger partial charge in [-0.25, -0.2) is 0 Å². The summed E-state index contributed by atoms with van der Waals surface area (Å²) in [5, 5.41) is 24.0. The average Bonchev–Trinajstić information content (AvgIpc) is 3.07. The van der Waals surface area contributed by atoms with E-state index in [1.165, 1.54) is 23.1 Å². The number of para-hydroxylation sites is 2. The Morgan fingerprint density at radius 1 is 1.42 bits per heavy atom. The third kappa shape index (κ3) is 5.09. The highest BCUT2D eigenvalue weighted by Gasteiger charge is 2.29. The van der Waals surface area contributed by atoms with Gasteiger partial charge in [-0.2, -0.15) is 5.26 Å². The Morgan fingerprint density at radius 2 is 2.15 bits per heavy atom. The van der Waals surface area contributed by atoms with Gasteiger partial charge in [-0.1, -0.05) is 49.1 Å². The third-order valence-corrected chi connectivity index (χ3v) is 5.84. The summed E-state index contributed by atoms with van der Waals surface area (Å²) < 4.78 is 5.96.